The lowest BCUT2D eigenvalue weighted by molar-refractivity contribution is -0.136. The summed E-state index contributed by atoms with van der Waals surface area (Å²) in [7, 11) is 0. The Bertz CT molecular complexity index is 416. The van der Waals surface area contributed by atoms with Crippen molar-refractivity contribution >= 4 is 11.6 Å². The number of nitrogens with zero attached hydrogens (tertiary/aromatic N) is 3. The van der Waals surface area contributed by atoms with Crippen LogP contribution in [0.4, 0.5) is 0 Å². The highest BCUT2D eigenvalue weighted by molar-refractivity contribution is 5.70. The molecule has 2 rings (SSSR count). The van der Waals surface area contributed by atoms with E-state index in [4.69, 9.17) is 5.11 Å². The molecule has 0 radical (unpaired) electrons. The van der Waals surface area contributed by atoms with Crippen LogP contribution >= 0.6 is 0 Å². The van der Waals surface area contributed by atoms with Gasteiger partial charge in [-0.15, -0.1) is 0 Å². The number of aromatic nitrogens is 3. The van der Waals surface area contributed by atoms with Crippen molar-refractivity contribution in [2.75, 3.05) is 0 Å². The van der Waals surface area contributed by atoms with Crippen LogP contribution in [0, 0.1) is 0 Å². The highest BCUT2D eigenvalue weighted by Crippen LogP contribution is 2.02. The van der Waals surface area contributed by atoms with Gasteiger partial charge in [-0.2, -0.15) is 5.10 Å². The van der Waals surface area contributed by atoms with Crippen molar-refractivity contribution < 1.29 is 9.90 Å². The maximum atomic E-state index is 10.4. The van der Waals surface area contributed by atoms with Gasteiger partial charge in [0.1, 0.15) is 0 Å². The molecule has 0 unspecified atom stereocenters. The van der Waals surface area contributed by atoms with E-state index in [1.807, 2.05) is 0 Å². The van der Waals surface area contributed by atoms with Gasteiger partial charge in [-0.05, 0) is 6.07 Å². The molecule has 0 aromatic carbocycles. The number of carboxylic acids is 1. The van der Waals surface area contributed by atoms with Gasteiger partial charge in [0.15, 0.2) is 5.65 Å². The summed E-state index contributed by atoms with van der Waals surface area (Å²) in [5, 5.41) is 12.5. The topological polar surface area (TPSA) is 67.5 Å². The third kappa shape index (κ3) is 1.48. The summed E-state index contributed by atoms with van der Waals surface area (Å²) in [6.07, 6.45) is 3.30. The van der Waals surface area contributed by atoms with Crippen molar-refractivity contribution in [3.63, 3.8) is 0 Å². The predicted octanol–water partition coefficient (Wildman–Crippen LogP) is 0.356. The fourth-order valence-corrected chi connectivity index (χ4v) is 1.12. The van der Waals surface area contributed by atoms with E-state index in [1.54, 1.807) is 29.0 Å². The number of carbonyl (C=O) groups is 1. The SMILES string of the molecule is O=C(O)Cc1cc2ncccn2n1. The van der Waals surface area contributed by atoms with E-state index in [1.165, 1.54) is 0 Å². The third-order valence-electron chi connectivity index (χ3n) is 1.62. The first-order chi connectivity index (χ1) is 6.25. The third-order valence-corrected chi connectivity index (χ3v) is 1.62. The maximum Gasteiger partial charge on any atom is 0.309 e. The van der Waals surface area contributed by atoms with E-state index >= 15 is 0 Å². The zero-order valence-electron chi connectivity index (χ0n) is 6.71. The number of hydrogen-bond acceptors (Lipinski definition) is 3. The molecule has 0 amide bonds. The maximum absolute atomic E-state index is 10.4. The Morgan fingerprint density at radius 2 is 2.46 bits per heavy atom. The minimum atomic E-state index is -0.886. The fraction of sp³-hybridized carbons (Fsp3) is 0.125. The smallest absolute Gasteiger partial charge is 0.309 e. The van der Waals surface area contributed by atoms with Crippen LogP contribution in [0.1, 0.15) is 5.69 Å². The second kappa shape index (κ2) is 2.85. The molecule has 0 atom stereocenters. The molecule has 0 fully saturated rings. The van der Waals surface area contributed by atoms with Crippen LogP contribution in [0.5, 0.6) is 0 Å². The van der Waals surface area contributed by atoms with Crippen molar-refractivity contribution in [2.45, 2.75) is 6.42 Å². The second-order valence-electron chi connectivity index (χ2n) is 2.63. The standard InChI is InChI=1S/C8H7N3O2/c12-8(13)5-6-4-7-9-2-1-3-11(7)10-6/h1-4H,5H2,(H,12,13). The van der Waals surface area contributed by atoms with Crippen LogP contribution in [0.2, 0.25) is 0 Å². The molecule has 0 aliphatic rings. The van der Waals surface area contributed by atoms with Crippen LogP contribution < -0.4 is 0 Å². The van der Waals surface area contributed by atoms with Crippen LogP contribution in [0.15, 0.2) is 24.5 Å². The van der Waals surface area contributed by atoms with Gasteiger partial charge in [0.25, 0.3) is 0 Å². The second-order valence-corrected chi connectivity index (χ2v) is 2.63. The van der Waals surface area contributed by atoms with Gasteiger partial charge in [0, 0.05) is 18.5 Å². The van der Waals surface area contributed by atoms with Gasteiger partial charge in [0.2, 0.25) is 0 Å². The first-order valence-electron chi connectivity index (χ1n) is 3.77. The number of carboxylic acid groups (broad SMARTS) is 1. The molecular formula is C8H7N3O2. The number of aliphatic carboxylic acids is 1. The molecule has 5 heteroatoms. The van der Waals surface area contributed by atoms with Crippen molar-refractivity contribution in [3.8, 4) is 0 Å². The largest absolute Gasteiger partial charge is 0.481 e. The molecule has 2 heterocycles. The summed E-state index contributed by atoms with van der Waals surface area (Å²) in [6.45, 7) is 0. The van der Waals surface area contributed by atoms with Gasteiger partial charge in [-0.1, -0.05) is 0 Å². The minimum Gasteiger partial charge on any atom is -0.481 e. The molecule has 66 valence electrons. The molecule has 2 aromatic rings. The zero-order chi connectivity index (χ0) is 9.26. The molecular weight excluding hydrogens is 170 g/mol. The molecule has 0 saturated carbocycles. The molecule has 0 aliphatic heterocycles. The molecule has 1 N–H and O–H groups in total. The van der Waals surface area contributed by atoms with Crippen molar-refractivity contribution in [1.29, 1.82) is 0 Å². The Balaban J connectivity index is 2.44. The lowest BCUT2D eigenvalue weighted by Gasteiger charge is -1.87. The lowest BCUT2D eigenvalue weighted by atomic mass is 10.3. The minimum absolute atomic E-state index is 0.0661. The van der Waals surface area contributed by atoms with Gasteiger partial charge >= 0.3 is 5.97 Å². The molecule has 0 saturated heterocycles. The van der Waals surface area contributed by atoms with Crippen molar-refractivity contribution in [3.05, 3.63) is 30.2 Å². The van der Waals surface area contributed by atoms with Gasteiger partial charge in [0.05, 0.1) is 12.1 Å². The Morgan fingerprint density at radius 1 is 1.62 bits per heavy atom. The van der Waals surface area contributed by atoms with Gasteiger partial charge < -0.3 is 5.11 Å². The number of rotatable bonds is 2. The average Bonchev–Trinajstić information content (AvgIpc) is 2.44. The zero-order valence-corrected chi connectivity index (χ0v) is 6.71. The summed E-state index contributed by atoms with van der Waals surface area (Å²) in [5.41, 5.74) is 1.19. The van der Waals surface area contributed by atoms with Crippen LogP contribution in [0.25, 0.3) is 5.65 Å². The van der Waals surface area contributed by atoms with Gasteiger partial charge in [-0.25, -0.2) is 9.50 Å². The van der Waals surface area contributed by atoms with Crippen LogP contribution in [-0.2, 0) is 11.2 Å². The Kier molecular flexibility index (Phi) is 1.70. The Morgan fingerprint density at radius 3 is 3.15 bits per heavy atom. The number of fused-ring (bicyclic) bond motifs is 1. The van der Waals surface area contributed by atoms with E-state index < -0.39 is 5.97 Å². The Labute approximate surface area is 73.6 Å². The molecule has 0 bridgehead atoms. The molecule has 2 aromatic heterocycles. The Hall–Kier alpha value is -1.91. The summed E-state index contributed by atoms with van der Waals surface area (Å²) >= 11 is 0. The van der Waals surface area contributed by atoms with E-state index in [-0.39, 0.29) is 6.42 Å². The molecule has 0 aliphatic carbocycles. The number of hydrogen-bond donors (Lipinski definition) is 1. The summed E-state index contributed by atoms with van der Waals surface area (Å²) in [4.78, 5) is 14.4. The van der Waals surface area contributed by atoms with E-state index in [0.717, 1.165) is 0 Å². The first kappa shape index (κ1) is 7.72. The summed E-state index contributed by atoms with van der Waals surface area (Å²) in [5.74, 6) is -0.886. The monoisotopic (exact) mass is 177 g/mol. The van der Waals surface area contributed by atoms with Crippen LogP contribution in [0.3, 0.4) is 0 Å². The fourth-order valence-electron chi connectivity index (χ4n) is 1.12. The normalized spacial score (nSPS) is 10.5. The molecule has 0 spiro atoms. The highest BCUT2D eigenvalue weighted by Gasteiger charge is 2.05. The summed E-state index contributed by atoms with van der Waals surface area (Å²) < 4.78 is 1.55. The van der Waals surface area contributed by atoms with Crippen molar-refractivity contribution in [2.24, 2.45) is 0 Å². The van der Waals surface area contributed by atoms with Gasteiger partial charge in [-0.3, -0.25) is 4.79 Å². The lowest BCUT2D eigenvalue weighted by Crippen LogP contribution is -2.00. The van der Waals surface area contributed by atoms with Crippen molar-refractivity contribution in [1.82, 2.24) is 14.6 Å². The van der Waals surface area contributed by atoms with E-state index in [2.05, 4.69) is 10.1 Å². The quantitative estimate of drug-likeness (QED) is 0.719. The van der Waals surface area contributed by atoms with E-state index in [9.17, 15) is 4.79 Å². The molecule has 13 heavy (non-hydrogen) atoms. The predicted molar refractivity (Wildman–Crippen MR) is 44.3 cm³/mol. The molecule has 5 nitrogen and oxygen atoms in total. The first-order valence-corrected chi connectivity index (χ1v) is 3.77. The summed E-state index contributed by atoms with van der Waals surface area (Å²) in [6, 6.07) is 3.40. The average molecular weight is 177 g/mol. The van der Waals surface area contributed by atoms with Crippen LogP contribution in [-0.4, -0.2) is 25.7 Å². The van der Waals surface area contributed by atoms with E-state index in [0.29, 0.717) is 11.3 Å². The highest BCUT2D eigenvalue weighted by atomic mass is 16.4.